The second-order valence-corrected chi connectivity index (χ2v) is 3.79. The molecule has 0 aliphatic carbocycles. The Bertz CT molecular complexity index is 173. The number of carbonyl (C=O) groups excluding carboxylic acids is 1. The lowest BCUT2D eigenvalue weighted by Gasteiger charge is -2.07. The van der Waals surface area contributed by atoms with Gasteiger partial charge in [0.2, 0.25) is 5.91 Å². The molecule has 0 aliphatic rings. The average Bonchev–Trinajstić information content (AvgIpc) is 2.16. The van der Waals surface area contributed by atoms with E-state index in [-0.39, 0.29) is 5.91 Å². The van der Waals surface area contributed by atoms with Gasteiger partial charge in [-0.2, -0.15) is 0 Å². The molecule has 0 aromatic heterocycles. The smallest absolute Gasteiger partial charge is 0.222 e. The number of unbranched alkanes of at least 4 members (excludes halogenated alkanes) is 3. The molecule has 0 N–H and O–H groups in total. The van der Waals surface area contributed by atoms with Crippen LogP contribution in [0.25, 0.3) is 0 Å². The Labute approximate surface area is 88.0 Å². The van der Waals surface area contributed by atoms with Crippen LogP contribution in [0.1, 0.15) is 45.4 Å². The van der Waals surface area contributed by atoms with Gasteiger partial charge < -0.3 is 4.90 Å². The summed E-state index contributed by atoms with van der Waals surface area (Å²) in [5.74, 6) is 0.211. The van der Waals surface area contributed by atoms with E-state index in [0.717, 1.165) is 12.8 Å². The fraction of sp³-hybridized carbons (Fsp3) is 0.750. The van der Waals surface area contributed by atoms with Crippen molar-refractivity contribution in [3.63, 3.8) is 0 Å². The molecule has 0 spiro atoms. The zero-order valence-corrected chi connectivity index (χ0v) is 9.75. The van der Waals surface area contributed by atoms with E-state index in [9.17, 15) is 4.79 Å². The molecule has 0 aromatic rings. The second-order valence-electron chi connectivity index (χ2n) is 3.79. The summed E-state index contributed by atoms with van der Waals surface area (Å²) in [6.45, 7) is 2.21. The molecule has 2 nitrogen and oxygen atoms in total. The highest BCUT2D eigenvalue weighted by molar-refractivity contribution is 5.75. The van der Waals surface area contributed by atoms with Crippen molar-refractivity contribution in [2.75, 3.05) is 14.1 Å². The first-order valence-electron chi connectivity index (χ1n) is 5.53. The standard InChI is InChI=1S/C12H23NO/c1-4-5-6-7-8-9-10-11-12(14)13(2)3/h8-9H,4-7,10-11H2,1-3H3. The minimum Gasteiger partial charge on any atom is -0.349 e. The quantitative estimate of drug-likeness (QED) is 0.454. The Morgan fingerprint density at radius 3 is 2.36 bits per heavy atom. The van der Waals surface area contributed by atoms with Crippen LogP contribution in [0.3, 0.4) is 0 Å². The van der Waals surface area contributed by atoms with E-state index in [4.69, 9.17) is 0 Å². The zero-order valence-electron chi connectivity index (χ0n) is 9.75. The van der Waals surface area contributed by atoms with Crippen molar-refractivity contribution in [2.24, 2.45) is 0 Å². The topological polar surface area (TPSA) is 20.3 Å². The van der Waals surface area contributed by atoms with E-state index in [1.807, 2.05) is 0 Å². The third-order valence-corrected chi connectivity index (χ3v) is 2.16. The summed E-state index contributed by atoms with van der Waals surface area (Å²) < 4.78 is 0. The third-order valence-electron chi connectivity index (χ3n) is 2.16. The lowest BCUT2D eigenvalue weighted by molar-refractivity contribution is -0.128. The summed E-state index contributed by atoms with van der Waals surface area (Å²) >= 11 is 0. The van der Waals surface area contributed by atoms with E-state index < -0.39 is 0 Å². The molecule has 0 heterocycles. The van der Waals surface area contributed by atoms with Gasteiger partial charge in [-0.25, -0.2) is 0 Å². The van der Waals surface area contributed by atoms with Gasteiger partial charge in [-0.1, -0.05) is 31.9 Å². The minimum atomic E-state index is 0.211. The zero-order chi connectivity index (χ0) is 10.8. The molecular weight excluding hydrogens is 174 g/mol. The Balaban J connectivity index is 3.31. The Kier molecular flexibility index (Phi) is 8.30. The van der Waals surface area contributed by atoms with Crippen LogP contribution in [0.15, 0.2) is 12.2 Å². The summed E-state index contributed by atoms with van der Waals surface area (Å²) in [5, 5.41) is 0. The van der Waals surface area contributed by atoms with Gasteiger partial charge in [0.15, 0.2) is 0 Å². The summed E-state index contributed by atoms with van der Waals surface area (Å²) in [7, 11) is 3.60. The molecule has 0 fully saturated rings. The third kappa shape index (κ3) is 7.84. The van der Waals surface area contributed by atoms with Crippen molar-refractivity contribution in [3.8, 4) is 0 Å². The van der Waals surface area contributed by atoms with E-state index >= 15 is 0 Å². The molecule has 1 amide bonds. The summed E-state index contributed by atoms with van der Waals surface area (Å²) in [5.41, 5.74) is 0. The van der Waals surface area contributed by atoms with Crippen LogP contribution in [0, 0.1) is 0 Å². The van der Waals surface area contributed by atoms with Gasteiger partial charge in [0.1, 0.15) is 0 Å². The number of hydrogen-bond acceptors (Lipinski definition) is 1. The highest BCUT2D eigenvalue weighted by Crippen LogP contribution is 2.01. The molecule has 0 rings (SSSR count). The molecular formula is C12H23NO. The van der Waals surface area contributed by atoms with Crippen LogP contribution >= 0.6 is 0 Å². The lowest BCUT2D eigenvalue weighted by atomic mass is 10.2. The second kappa shape index (κ2) is 8.79. The van der Waals surface area contributed by atoms with Gasteiger partial charge >= 0.3 is 0 Å². The van der Waals surface area contributed by atoms with Crippen molar-refractivity contribution in [3.05, 3.63) is 12.2 Å². The minimum absolute atomic E-state index is 0.211. The van der Waals surface area contributed by atoms with Gasteiger partial charge in [-0.15, -0.1) is 0 Å². The molecule has 0 aliphatic heterocycles. The Morgan fingerprint density at radius 1 is 1.14 bits per heavy atom. The highest BCUT2D eigenvalue weighted by atomic mass is 16.2. The van der Waals surface area contributed by atoms with E-state index in [2.05, 4.69) is 19.1 Å². The number of allylic oxidation sites excluding steroid dienone is 2. The number of amides is 1. The van der Waals surface area contributed by atoms with Crippen LogP contribution in [0.4, 0.5) is 0 Å². The predicted molar refractivity (Wildman–Crippen MR) is 61.2 cm³/mol. The maximum Gasteiger partial charge on any atom is 0.222 e. The molecule has 0 atom stereocenters. The highest BCUT2D eigenvalue weighted by Gasteiger charge is 2.00. The molecule has 0 saturated carbocycles. The number of rotatable bonds is 7. The van der Waals surface area contributed by atoms with E-state index in [1.54, 1.807) is 19.0 Å². The molecule has 0 saturated heterocycles. The predicted octanol–water partition coefficient (Wildman–Crippen LogP) is 2.99. The van der Waals surface area contributed by atoms with Crippen LogP contribution < -0.4 is 0 Å². The molecule has 2 heteroatoms. The van der Waals surface area contributed by atoms with Crippen molar-refractivity contribution in [2.45, 2.75) is 45.4 Å². The van der Waals surface area contributed by atoms with Crippen molar-refractivity contribution in [1.29, 1.82) is 0 Å². The van der Waals surface area contributed by atoms with Gasteiger partial charge in [-0.05, 0) is 19.3 Å². The van der Waals surface area contributed by atoms with Crippen LogP contribution in [0.5, 0.6) is 0 Å². The summed E-state index contributed by atoms with van der Waals surface area (Å²) in [6.07, 6.45) is 10.8. The lowest BCUT2D eigenvalue weighted by Crippen LogP contribution is -2.20. The number of carbonyl (C=O) groups is 1. The average molecular weight is 197 g/mol. The van der Waals surface area contributed by atoms with Crippen LogP contribution in [-0.2, 0) is 4.79 Å². The van der Waals surface area contributed by atoms with Crippen molar-refractivity contribution < 1.29 is 4.79 Å². The number of nitrogens with zero attached hydrogens (tertiary/aromatic N) is 1. The Morgan fingerprint density at radius 2 is 1.79 bits per heavy atom. The SMILES string of the molecule is CCCCCC=CCCC(=O)N(C)C. The Hall–Kier alpha value is -0.790. The molecule has 0 radical (unpaired) electrons. The van der Waals surface area contributed by atoms with Gasteiger partial charge in [0.05, 0.1) is 0 Å². The van der Waals surface area contributed by atoms with Gasteiger partial charge in [0, 0.05) is 20.5 Å². The number of hydrogen-bond donors (Lipinski definition) is 0. The van der Waals surface area contributed by atoms with Crippen LogP contribution in [0.2, 0.25) is 0 Å². The fourth-order valence-electron chi connectivity index (χ4n) is 1.18. The molecule has 0 unspecified atom stereocenters. The van der Waals surface area contributed by atoms with Gasteiger partial charge in [-0.3, -0.25) is 4.79 Å². The maximum absolute atomic E-state index is 11.2. The first-order chi connectivity index (χ1) is 6.68. The van der Waals surface area contributed by atoms with Crippen LogP contribution in [-0.4, -0.2) is 24.9 Å². The first kappa shape index (κ1) is 13.2. The summed E-state index contributed by atoms with van der Waals surface area (Å²) in [6, 6.07) is 0. The maximum atomic E-state index is 11.2. The monoisotopic (exact) mass is 197 g/mol. The van der Waals surface area contributed by atoms with E-state index in [0.29, 0.717) is 6.42 Å². The van der Waals surface area contributed by atoms with Crippen molar-refractivity contribution >= 4 is 5.91 Å². The first-order valence-corrected chi connectivity index (χ1v) is 5.53. The van der Waals surface area contributed by atoms with E-state index in [1.165, 1.54) is 19.3 Å². The van der Waals surface area contributed by atoms with Gasteiger partial charge in [0.25, 0.3) is 0 Å². The largest absolute Gasteiger partial charge is 0.349 e. The normalized spacial score (nSPS) is 10.8. The summed E-state index contributed by atoms with van der Waals surface area (Å²) in [4.78, 5) is 12.8. The molecule has 0 aromatic carbocycles. The fourth-order valence-corrected chi connectivity index (χ4v) is 1.18. The molecule has 0 bridgehead atoms. The molecule has 82 valence electrons. The van der Waals surface area contributed by atoms with Crippen molar-refractivity contribution in [1.82, 2.24) is 4.90 Å². The molecule has 14 heavy (non-hydrogen) atoms.